The molecule has 3 rings (SSSR count). The summed E-state index contributed by atoms with van der Waals surface area (Å²) in [6, 6.07) is 4.07. The molecule has 0 aromatic carbocycles. The van der Waals surface area contributed by atoms with Crippen LogP contribution >= 0.6 is 11.3 Å². The predicted molar refractivity (Wildman–Crippen MR) is 111 cm³/mol. The molecule has 8 heteroatoms. The summed E-state index contributed by atoms with van der Waals surface area (Å²) >= 11 is 1.65. The molecule has 1 fully saturated rings. The second kappa shape index (κ2) is 9.52. The van der Waals surface area contributed by atoms with Gasteiger partial charge in [0.05, 0.1) is 6.04 Å². The van der Waals surface area contributed by atoms with E-state index in [2.05, 4.69) is 15.5 Å². The molecule has 1 saturated carbocycles. The van der Waals surface area contributed by atoms with Crippen LogP contribution in [0.4, 0.5) is 0 Å². The number of nitrogens with one attached hydrogen (secondary N) is 1. The molecule has 158 valence electrons. The molecule has 0 saturated heterocycles. The van der Waals surface area contributed by atoms with Gasteiger partial charge < -0.3 is 14.7 Å². The monoisotopic (exact) mass is 418 g/mol. The van der Waals surface area contributed by atoms with E-state index in [9.17, 15) is 9.59 Å². The molecule has 7 nitrogen and oxygen atoms in total. The second-order valence-corrected chi connectivity index (χ2v) is 8.86. The average molecular weight is 419 g/mol. The second-order valence-electron chi connectivity index (χ2n) is 7.89. The molecule has 1 atom stereocenters. The summed E-state index contributed by atoms with van der Waals surface area (Å²) in [4.78, 5) is 31.9. The van der Waals surface area contributed by atoms with Gasteiger partial charge in [-0.3, -0.25) is 9.59 Å². The van der Waals surface area contributed by atoms with Gasteiger partial charge >= 0.3 is 0 Å². The van der Waals surface area contributed by atoms with Gasteiger partial charge in [-0.1, -0.05) is 36.9 Å². The van der Waals surface area contributed by atoms with Crippen LogP contribution < -0.4 is 5.32 Å². The van der Waals surface area contributed by atoms with Gasteiger partial charge in [0.2, 0.25) is 17.7 Å². The molecule has 0 bridgehead atoms. The Morgan fingerprint density at radius 3 is 2.66 bits per heavy atom. The van der Waals surface area contributed by atoms with Gasteiger partial charge in [-0.15, -0.1) is 11.3 Å². The van der Waals surface area contributed by atoms with E-state index in [1.54, 1.807) is 16.2 Å². The molecule has 1 unspecified atom stereocenters. The third-order valence-corrected chi connectivity index (χ3v) is 6.79. The molecule has 1 aliphatic carbocycles. The highest BCUT2D eigenvalue weighted by atomic mass is 32.1. The fourth-order valence-electron chi connectivity index (χ4n) is 3.95. The first-order valence-electron chi connectivity index (χ1n) is 10.3. The van der Waals surface area contributed by atoms with Gasteiger partial charge in [-0.05, 0) is 31.2 Å². The first kappa shape index (κ1) is 21.5. The number of aromatic nitrogens is 2. The minimum Gasteiger partial charge on any atom is -0.343 e. The van der Waals surface area contributed by atoms with Crippen molar-refractivity contribution in [3.63, 3.8) is 0 Å². The summed E-state index contributed by atoms with van der Waals surface area (Å²) in [5, 5.41) is 9.28. The average Bonchev–Trinajstić information content (AvgIpc) is 3.35. The normalized spacial score (nSPS) is 17.3. The standard InChI is InChI=1S/C21H30N4O3S/c1-15(17-9-8-14-29-17)25(3)19(27)11-10-18-22-20(24-28-18)21(23-16(2)26)12-6-4-5-7-13-21/h8-9,14-15H,4-7,10-13H2,1-3H3,(H,23,26). The first-order valence-corrected chi connectivity index (χ1v) is 11.2. The number of carbonyl (C=O) groups is 2. The van der Waals surface area contributed by atoms with E-state index >= 15 is 0 Å². The maximum Gasteiger partial charge on any atom is 0.227 e. The molecule has 0 radical (unpaired) electrons. The number of thiophene rings is 1. The van der Waals surface area contributed by atoms with Gasteiger partial charge in [-0.2, -0.15) is 4.98 Å². The fraction of sp³-hybridized carbons (Fsp3) is 0.619. The number of hydrogen-bond donors (Lipinski definition) is 1. The summed E-state index contributed by atoms with van der Waals surface area (Å²) in [6.07, 6.45) is 6.66. The largest absolute Gasteiger partial charge is 0.343 e. The van der Waals surface area contributed by atoms with Crippen LogP contribution in [0.15, 0.2) is 22.0 Å². The van der Waals surface area contributed by atoms with E-state index < -0.39 is 5.54 Å². The molecular weight excluding hydrogens is 388 g/mol. The minimum absolute atomic E-state index is 0.0368. The fourth-order valence-corrected chi connectivity index (χ4v) is 4.78. The Balaban J connectivity index is 1.64. The Hall–Kier alpha value is -2.22. The van der Waals surface area contributed by atoms with Gasteiger partial charge in [0.15, 0.2) is 5.82 Å². The van der Waals surface area contributed by atoms with Crippen molar-refractivity contribution < 1.29 is 14.1 Å². The van der Waals surface area contributed by atoms with E-state index in [1.165, 1.54) is 6.92 Å². The number of amides is 2. The van der Waals surface area contributed by atoms with Crippen LogP contribution in [-0.4, -0.2) is 33.9 Å². The summed E-state index contributed by atoms with van der Waals surface area (Å²) in [7, 11) is 1.82. The third-order valence-electron chi connectivity index (χ3n) is 5.75. The number of rotatable bonds is 7. The number of nitrogens with zero attached hydrogens (tertiary/aromatic N) is 3. The lowest BCUT2D eigenvalue weighted by molar-refractivity contribution is -0.131. The zero-order valence-electron chi connectivity index (χ0n) is 17.4. The first-order chi connectivity index (χ1) is 13.9. The zero-order chi connectivity index (χ0) is 20.9. The highest BCUT2D eigenvalue weighted by Crippen LogP contribution is 2.34. The molecule has 1 aliphatic rings. The van der Waals surface area contributed by atoms with E-state index in [0.717, 1.165) is 43.4 Å². The van der Waals surface area contributed by atoms with Crippen LogP contribution in [0.3, 0.4) is 0 Å². The van der Waals surface area contributed by atoms with Crippen LogP contribution in [0.25, 0.3) is 0 Å². The van der Waals surface area contributed by atoms with Crippen molar-refractivity contribution in [2.24, 2.45) is 0 Å². The van der Waals surface area contributed by atoms with Crippen molar-refractivity contribution in [2.45, 2.75) is 76.8 Å². The Morgan fingerprint density at radius 1 is 1.31 bits per heavy atom. The quantitative estimate of drug-likeness (QED) is 0.688. The van der Waals surface area contributed by atoms with E-state index in [0.29, 0.717) is 24.6 Å². The van der Waals surface area contributed by atoms with Gasteiger partial charge in [0.1, 0.15) is 5.54 Å². The number of hydrogen-bond acceptors (Lipinski definition) is 6. The van der Waals surface area contributed by atoms with Crippen LogP contribution in [0.2, 0.25) is 0 Å². The van der Waals surface area contributed by atoms with Crippen molar-refractivity contribution in [1.29, 1.82) is 0 Å². The SMILES string of the molecule is CC(=O)NC1(c2noc(CCC(=O)N(C)C(C)c3cccs3)n2)CCCCCC1. The molecule has 2 aromatic rings. The van der Waals surface area contributed by atoms with Crippen molar-refractivity contribution in [3.8, 4) is 0 Å². The maximum absolute atomic E-state index is 12.6. The van der Waals surface area contributed by atoms with Gasteiger partial charge in [0.25, 0.3) is 0 Å². The zero-order valence-corrected chi connectivity index (χ0v) is 18.3. The molecule has 2 aromatic heterocycles. The molecule has 0 aliphatic heterocycles. The smallest absolute Gasteiger partial charge is 0.227 e. The Kier molecular flexibility index (Phi) is 7.05. The predicted octanol–water partition coefficient (Wildman–Crippen LogP) is 3.97. The molecule has 2 heterocycles. The Bertz CT molecular complexity index is 810. The molecule has 1 N–H and O–H groups in total. The van der Waals surface area contributed by atoms with Crippen LogP contribution in [0.5, 0.6) is 0 Å². The van der Waals surface area contributed by atoms with Crippen LogP contribution in [-0.2, 0) is 21.5 Å². The third kappa shape index (κ3) is 5.23. The van der Waals surface area contributed by atoms with Crippen molar-refractivity contribution in [1.82, 2.24) is 20.4 Å². The van der Waals surface area contributed by atoms with Crippen molar-refractivity contribution in [2.75, 3.05) is 7.05 Å². The molecule has 2 amide bonds. The summed E-state index contributed by atoms with van der Waals surface area (Å²) in [5.41, 5.74) is -0.557. The van der Waals surface area contributed by atoms with Gasteiger partial charge in [0, 0.05) is 31.7 Å². The van der Waals surface area contributed by atoms with Crippen LogP contribution in [0, 0.1) is 0 Å². The lowest BCUT2D eigenvalue weighted by Crippen LogP contribution is -2.45. The maximum atomic E-state index is 12.6. The summed E-state index contributed by atoms with van der Waals surface area (Å²) < 4.78 is 5.45. The van der Waals surface area contributed by atoms with E-state index in [-0.39, 0.29) is 17.9 Å². The Morgan fingerprint density at radius 2 is 2.03 bits per heavy atom. The van der Waals surface area contributed by atoms with Crippen LogP contribution in [0.1, 0.15) is 81.4 Å². The topological polar surface area (TPSA) is 88.3 Å². The number of carbonyl (C=O) groups excluding carboxylic acids is 2. The van der Waals surface area contributed by atoms with E-state index in [1.807, 2.05) is 31.5 Å². The molecule has 0 spiro atoms. The molecule has 29 heavy (non-hydrogen) atoms. The summed E-state index contributed by atoms with van der Waals surface area (Å²) in [6.45, 7) is 3.55. The van der Waals surface area contributed by atoms with E-state index in [4.69, 9.17) is 4.52 Å². The van der Waals surface area contributed by atoms with Crippen molar-refractivity contribution >= 4 is 23.2 Å². The lowest BCUT2D eigenvalue weighted by atomic mass is 9.89. The highest BCUT2D eigenvalue weighted by molar-refractivity contribution is 7.10. The van der Waals surface area contributed by atoms with Crippen molar-refractivity contribution in [3.05, 3.63) is 34.1 Å². The number of aryl methyl sites for hydroxylation is 1. The Labute approximate surface area is 175 Å². The minimum atomic E-state index is -0.557. The summed E-state index contributed by atoms with van der Waals surface area (Å²) in [5.74, 6) is 0.936. The highest BCUT2D eigenvalue weighted by Gasteiger charge is 2.38. The lowest BCUT2D eigenvalue weighted by Gasteiger charge is -2.30. The van der Waals surface area contributed by atoms with Gasteiger partial charge in [-0.25, -0.2) is 0 Å². The molecular formula is C21H30N4O3S.